The van der Waals surface area contributed by atoms with Crippen LogP contribution in [-0.2, 0) is 11.2 Å². The zero-order valence-corrected chi connectivity index (χ0v) is 16.5. The van der Waals surface area contributed by atoms with Crippen LogP contribution < -0.4 is 5.32 Å². The van der Waals surface area contributed by atoms with Gasteiger partial charge in [0.05, 0.1) is 12.1 Å². The van der Waals surface area contributed by atoms with Gasteiger partial charge in [0.15, 0.2) is 0 Å². The highest BCUT2D eigenvalue weighted by atomic mass is 16.2. The van der Waals surface area contributed by atoms with Crippen molar-refractivity contribution in [1.29, 1.82) is 0 Å². The quantitative estimate of drug-likeness (QED) is 0.726. The monoisotopic (exact) mass is 388 g/mol. The average molecular weight is 388 g/mol. The van der Waals surface area contributed by atoms with Gasteiger partial charge in [-0.1, -0.05) is 18.2 Å². The van der Waals surface area contributed by atoms with Crippen molar-refractivity contribution < 1.29 is 9.59 Å². The molecule has 2 aromatic carbocycles. The Morgan fingerprint density at radius 2 is 1.79 bits per heavy atom. The molecule has 0 bridgehead atoms. The summed E-state index contributed by atoms with van der Waals surface area (Å²) in [4.78, 5) is 27.2. The Labute approximate surface area is 170 Å². The summed E-state index contributed by atoms with van der Waals surface area (Å²) in [6.45, 7) is 3.50. The number of nitrogens with one attached hydrogen (secondary N) is 1. The first-order chi connectivity index (χ1) is 14.1. The van der Waals surface area contributed by atoms with Crippen molar-refractivity contribution in [2.24, 2.45) is 0 Å². The molecule has 0 radical (unpaired) electrons. The molecule has 6 heteroatoms. The van der Waals surface area contributed by atoms with Crippen molar-refractivity contribution >= 4 is 17.5 Å². The molecular formula is C23H24N4O2. The van der Waals surface area contributed by atoms with Gasteiger partial charge in [0.1, 0.15) is 0 Å². The molecule has 1 aliphatic heterocycles. The molecule has 2 heterocycles. The number of hydrogen-bond acceptors (Lipinski definition) is 3. The first-order valence-electron chi connectivity index (χ1n) is 9.89. The van der Waals surface area contributed by atoms with Crippen molar-refractivity contribution in [2.45, 2.75) is 26.2 Å². The summed E-state index contributed by atoms with van der Waals surface area (Å²) in [6.07, 6.45) is 5.98. The first kappa shape index (κ1) is 18.9. The Hall–Kier alpha value is -3.41. The summed E-state index contributed by atoms with van der Waals surface area (Å²) >= 11 is 0. The Bertz CT molecular complexity index is 1000. The largest absolute Gasteiger partial charge is 0.339 e. The zero-order valence-electron chi connectivity index (χ0n) is 16.5. The van der Waals surface area contributed by atoms with Gasteiger partial charge in [0.25, 0.3) is 5.91 Å². The van der Waals surface area contributed by atoms with Crippen molar-refractivity contribution in [3.63, 3.8) is 0 Å². The Morgan fingerprint density at radius 3 is 2.48 bits per heavy atom. The second kappa shape index (κ2) is 8.31. The number of amides is 2. The minimum absolute atomic E-state index is 0.0466. The second-order valence-corrected chi connectivity index (χ2v) is 7.32. The summed E-state index contributed by atoms with van der Waals surface area (Å²) in [5, 5.41) is 7.16. The van der Waals surface area contributed by atoms with E-state index < -0.39 is 0 Å². The van der Waals surface area contributed by atoms with E-state index in [0.29, 0.717) is 11.3 Å². The van der Waals surface area contributed by atoms with Gasteiger partial charge in [-0.15, -0.1) is 0 Å². The maximum Gasteiger partial charge on any atom is 0.254 e. The molecule has 0 spiro atoms. The van der Waals surface area contributed by atoms with Crippen LogP contribution >= 0.6 is 0 Å². The van der Waals surface area contributed by atoms with E-state index in [2.05, 4.69) is 10.4 Å². The van der Waals surface area contributed by atoms with Crippen LogP contribution in [0.4, 0.5) is 5.69 Å². The van der Waals surface area contributed by atoms with Gasteiger partial charge in [-0.3, -0.25) is 9.59 Å². The summed E-state index contributed by atoms with van der Waals surface area (Å²) in [7, 11) is 0. The van der Waals surface area contributed by atoms with E-state index in [1.807, 2.05) is 66.6 Å². The lowest BCUT2D eigenvalue weighted by Crippen LogP contribution is -2.28. The molecule has 1 N–H and O–H groups in total. The highest BCUT2D eigenvalue weighted by molar-refractivity contribution is 5.99. The number of carbonyl (C=O) groups excluding carboxylic acids is 2. The highest BCUT2D eigenvalue weighted by Gasteiger charge is 2.22. The van der Waals surface area contributed by atoms with Gasteiger partial charge in [-0.2, -0.15) is 5.10 Å². The molecule has 148 valence electrons. The molecule has 1 aromatic heterocycles. The lowest BCUT2D eigenvalue weighted by Gasteiger charge is -2.18. The number of anilines is 1. The van der Waals surface area contributed by atoms with Crippen LogP contribution in [0.5, 0.6) is 0 Å². The fourth-order valence-corrected chi connectivity index (χ4v) is 3.66. The van der Waals surface area contributed by atoms with Crippen LogP contribution in [0.3, 0.4) is 0 Å². The molecule has 1 fully saturated rings. The summed E-state index contributed by atoms with van der Waals surface area (Å²) in [5.74, 6) is -0.0592. The molecule has 0 unspecified atom stereocenters. The van der Waals surface area contributed by atoms with Gasteiger partial charge in [0, 0.05) is 36.7 Å². The predicted molar refractivity (Wildman–Crippen MR) is 112 cm³/mol. The number of likely N-dealkylation sites (tertiary alicyclic amines) is 1. The Kier molecular flexibility index (Phi) is 5.42. The third-order valence-electron chi connectivity index (χ3n) is 5.30. The zero-order chi connectivity index (χ0) is 20.2. The number of aromatic nitrogens is 2. The van der Waals surface area contributed by atoms with Crippen molar-refractivity contribution in [2.75, 3.05) is 18.4 Å². The molecule has 0 atom stereocenters. The predicted octanol–water partition coefficient (Wildman–Crippen LogP) is 3.60. The number of carbonyl (C=O) groups is 2. The smallest absolute Gasteiger partial charge is 0.254 e. The van der Waals surface area contributed by atoms with Crippen molar-refractivity contribution in [1.82, 2.24) is 14.7 Å². The van der Waals surface area contributed by atoms with Crippen LogP contribution in [0.1, 0.15) is 34.3 Å². The SMILES string of the molecule is Cc1c(NC(=O)Cc2ccc(-n3cccn3)cc2)cccc1C(=O)N1CCCC1. The van der Waals surface area contributed by atoms with E-state index in [1.54, 1.807) is 10.9 Å². The molecule has 2 amide bonds. The minimum atomic E-state index is -0.106. The average Bonchev–Trinajstić information content (AvgIpc) is 3.44. The van der Waals surface area contributed by atoms with E-state index in [4.69, 9.17) is 0 Å². The van der Waals surface area contributed by atoms with E-state index >= 15 is 0 Å². The molecule has 29 heavy (non-hydrogen) atoms. The summed E-state index contributed by atoms with van der Waals surface area (Å²) < 4.78 is 1.77. The first-order valence-corrected chi connectivity index (χ1v) is 9.89. The minimum Gasteiger partial charge on any atom is -0.339 e. The van der Waals surface area contributed by atoms with Gasteiger partial charge in [-0.05, 0) is 61.2 Å². The fourth-order valence-electron chi connectivity index (χ4n) is 3.66. The lowest BCUT2D eigenvalue weighted by molar-refractivity contribution is -0.115. The van der Waals surface area contributed by atoms with Crippen LogP contribution in [0, 0.1) is 6.92 Å². The topological polar surface area (TPSA) is 67.2 Å². The third-order valence-corrected chi connectivity index (χ3v) is 5.30. The molecule has 0 saturated carbocycles. The van der Waals surface area contributed by atoms with Crippen LogP contribution in [0.25, 0.3) is 5.69 Å². The van der Waals surface area contributed by atoms with E-state index in [-0.39, 0.29) is 18.2 Å². The standard InChI is InChI=1S/C23H24N4O2/c1-17-20(23(29)26-13-2-3-14-26)6-4-7-21(17)25-22(28)16-18-8-10-19(11-9-18)27-15-5-12-24-27/h4-12,15H,2-3,13-14,16H2,1H3,(H,25,28). The van der Waals surface area contributed by atoms with E-state index in [9.17, 15) is 9.59 Å². The molecule has 3 aromatic rings. The molecule has 1 saturated heterocycles. The van der Waals surface area contributed by atoms with Gasteiger partial charge < -0.3 is 10.2 Å². The highest BCUT2D eigenvalue weighted by Crippen LogP contribution is 2.22. The summed E-state index contributed by atoms with van der Waals surface area (Å²) in [5.41, 5.74) is 4.02. The van der Waals surface area contributed by atoms with Crippen molar-refractivity contribution in [3.8, 4) is 5.69 Å². The maximum atomic E-state index is 12.7. The maximum absolute atomic E-state index is 12.7. The van der Waals surface area contributed by atoms with Crippen LogP contribution in [-0.4, -0.2) is 39.6 Å². The van der Waals surface area contributed by atoms with Crippen molar-refractivity contribution in [3.05, 3.63) is 77.6 Å². The molecule has 6 nitrogen and oxygen atoms in total. The van der Waals surface area contributed by atoms with Crippen LogP contribution in [0.2, 0.25) is 0 Å². The number of nitrogens with zero attached hydrogens (tertiary/aromatic N) is 3. The van der Waals surface area contributed by atoms with Gasteiger partial charge in [-0.25, -0.2) is 4.68 Å². The fraction of sp³-hybridized carbons (Fsp3) is 0.261. The van der Waals surface area contributed by atoms with Gasteiger partial charge in [0.2, 0.25) is 5.91 Å². The number of hydrogen-bond donors (Lipinski definition) is 1. The number of rotatable bonds is 5. The number of benzene rings is 2. The normalized spacial score (nSPS) is 13.5. The second-order valence-electron chi connectivity index (χ2n) is 7.32. The molecule has 1 aliphatic rings. The molecule has 0 aliphatic carbocycles. The van der Waals surface area contributed by atoms with E-state index in [1.165, 1.54) is 0 Å². The summed E-state index contributed by atoms with van der Waals surface area (Å²) in [6, 6.07) is 15.1. The third kappa shape index (κ3) is 4.21. The molecular weight excluding hydrogens is 364 g/mol. The lowest BCUT2D eigenvalue weighted by atomic mass is 10.0. The van der Waals surface area contributed by atoms with Crippen LogP contribution in [0.15, 0.2) is 60.9 Å². The molecule has 4 rings (SSSR count). The van der Waals surface area contributed by atoms with E-state index in [0.717, 1.165) is 42.7 Å². The van der Waals surface area contributed by atoms with Gasteiger partial charge >= 0.3 is 0 Å². The Balaban J connectivity index is 1.43. The Morgan fingerprint density at radius 1 is 1.03 bits per heavy atom.